The number of sulfonamides is 1. The summed E-state index contributed by atoms with van der Waals surface area (Å²) in [6, 6.07) is 3.17. The van der Waals surface area contributed by atoms with Crippen molar-refractivity contribution in [1.29, 1.82) is 0 Å². The van der Waals surface area contributed by atoms with Crippen LogP contribution in [0.5, 0.6) is 0 Å². The molecule has 1 atom stereocenters. The van der Waals surface area contributed by atoms with Crippen LogP contribution in [-0.2, 0) is 10.0 Å². The maximum absolute atomic E-state index is 13.2. The minimum atomic E-state index is -3.74. The summed E-state index contributed by atoms with van der Waals surface area (Å²) in [5, 5.41) is 0. The van der Waals surface area contributed by atoms with Gasteiger partial charge in [0.2, 0.25) is 10.0 Å². The molecule has 0 aliphatic rings. The fraction of sp³-hybridized carbons (Fsp3) is 0.429. The molecule has 1 rings (SSSR count). The third-order valence-electron chi connectivity index (χ3n) is 2.90. The largest absolute Gasteiger partial charge is 0.320 e. The second-order valence-corrected chi connectivity index (χ2v) is 6.48. The summed E-state index contributed by atoms with van der Waals surface area (Å²) in [5.74, 6) is 4.73. The smallest absolute Gasteiger partial charge is 0.242 e. The van der Waals surface area contributed by atoms with E-state index in [0.29, 0.717) is 0 Å². The number of hydrogen-bond acceptors (Lipinski definition) is 3. The van der Waals surface area contributed by atoms with Gasteiger partial charge in [-0.2, -0.15) is 0 Å². The lowest BCUT2D eigenvalue weighted by atomic mass is 10.1. The highest BCUT2D eigenvalue weighted by molar-refractivity contribution is 7.89. The van der Waals surface area contributed by atoms with E-state index in [1.54, 1.807) is 6.92 Å². The first kappa shape index (κ1) is 16.6. The molecule has 110 valence electrons. The van der Waals surface area contributed by atoms with Crippen molar-refractivity contribution in [2.45, 2.75) is 31.7 Å². The topological polar surface area (TPSA) is 72.2 Å². The van der Waals surface area contributed by atoms with Gasteiger partial charge in [-0.1, -0.05) is 25.7 Å². The van der Waals surface area contributed by atoms with Gasteiger partial charge in [0.1, 0.15) is 5.82 Å². The maximum atomic E-state index is 13.2. The molecule has 6 heteroatoms. The molecular weight excluding hydrogens is 279 g/mol. The second-order valence-electron chi connectivity index (χ2n) is 4.80. The van der Waals surface area contributed by atoms with Gasteiger partial charge in [-0.25, -0.2) is 17.5 Å². The van der Waals surface area contributed by atoms with Gasteiger partial charge in [-0.3, -0.25) is 0 Å². The molecule has 0 heterocycles. The van der Waals surface area contributed by atoms with E-state index in [-0.39, 0.29) is 29.0 Å². The van der Waals surface area contributed by atoms with Crippen LogP contribution >= 0.6 is 0 Å². The molecule has 20 heavy (non-hydrogen) atoms. The lowest BCUT2D eigenvalue weighted by molar-refractivity contribution is 0.476. The number of nitrogens with one attached hydrogen (secondary N) is 1. The van der Waals surface area contributed by atoms with Crippen LogP contribution in [0.15, 0.2) is 23.1 Å². The Morgan fingerprint density at radius 3 is 2.55 bits per heavy atom. The molecule has 0 radical (unpaired) electrons. The summed E-state index contributed by atoms with van der Waals surface area (Å²) in [7, 11) is -3.74. The normalized spacial score (nSPS) is 12.9. The molecule has 0 saturated heterocycles. The predicted octanol–water partition coefficient (Wildman–Crippen LogP) is 1.46. The Morgan fingerprint density at radius 1 is 1.35 bits per heavy atom. The Bertz CT molecular complexity index is 630. The van der Waals surface area contributed by atoms with E-state index < -0.39 is 15.8 Å². The van der Waals surface area contributed by atoms with Crippen molar-refractivity contribution >= 4 is 10.0 Å². The summed E-state index contributed by atoms with van der Waals surface area (Å²) < 4.78 is 40.4. The van der Waals surface area contributed by atoms with Gasteiger partial charge in [0.25, 0.3) is 0 Å². The van der Waals surface area contributed by atoms with Crippen LogP contribution in [0.25, 0.3) is 0 Å². The zero-order valence-electron chi connectivity index (χ0n) is 11.8. The number of rotatable bonds is 4. The molecule has 0 spiro atoms. The number of nitrogens with two attached hydrogens (primary N) is 1. The maximum Gasteiger partial charge on any atom is 0.242 e. The zero-order valence-corrected chi connectivity index (χ0v) is 12.6. The van der Waals surface area contributed by atoms with Crippen molar-refractivity contribution in [2.24, 2.45) is 11.7 Å². The lowest BCUT2D eigenvalue weighted by Gasteiger charge is -2.18. The Kier molecular flexibility index (Phi) is 5.69. The van der Waals surface area contributed by atoms with Gasteiger partial charge in [0.05, 0.1) is 11.4 Å². The standard InChI is InChI=1S/C14H19FN2O2S/c1-10(2)11(3)17-20(18,19)14-7-6-13(15)9-12(14)5-4-8-16/h6-7,9-11,17H,8,16H2,1-3H3. The highest BCUT2D eigenvalue weighted by Gasteiger charge is 2.22. The average Bonchev–Trinajstić information content (AvgIpc) is 2.35. The van der Waals surface area contributed by atoms with E-state index in [2.05, 4.69) is 16.6 Å². The van der Waals surface area contributed by atoms with Gasteiger partial charge in [0.15, 0.2) is 0 Å². The molecule has 0 amide bonds. The first-order valence-electron chi connectivity index (χ1n) is 6.28. The first-order valence-corrected chi connectivity index (χ1v) is 7.77. The van der Waals surface area contributed by atoms with Crippen LogP contribution in [0, 0.1) is 23.6 Å². The van der Waals surface area contributed by atoms with E-state index in [0.717, 1.165) is 12.1 Å². The molecule has 1 aromatic carbocycles. The van der Waals surface area contributed by atoms with Crippen molar-refractivity contribution in [2.75, 3.05) is 6.54 Å². The highest BCUT2D eigenvalue weighted by atomic mass is 32.2. The quantitative estimate of drug-likeness (QED) is 0.827. The van der Waals surface area contributed by atoms with Crippen LogP contribution in [-0.4, -0.2) is 21.0 Å². The Morgan fingerprint density at radius 2 is 2.00 bits per heavy atom. The Hall–Kier alpha value is -1.42. The van der Waals surface area contributed by atoms with Gasteiger partial charge < -0.3 is 5.73 Å². The number of hydrogen-bond donors (Lipinski definition) is 2. The molecule has 1 unspecified atom stereocenters. The molecular formula is C14H19FN2O2S. The second kappa shape index (κ2) is 6.84. The third-order valence-corrected chi connectivity index (χ3v) is 4.51. The highest BCUT2D eigenvalue weighted by Crippen LogP contribution is 2.17. The number of halogens is 1. The van der Waals surface area contributed by atoms with Crippen LogP contribution in [0.2, 0.25) is 0 Å². The van der Waals surface area contributed by atoms with Crippen LogP contribution in [0.3, 0.4) is 0 Å². The molecule has 0 fully saturated rings. The van der Waals surface area contributed by atoms with Crippen molar-refractivity contribution < 1.29 is 12.8 Å². The van der Waals surface area contributed by atoms with Crippen molar-refractivity contribution in [3.05, 3.63) is 29.6 Å². The Labute approximate surface area is 119 Å². The molecule has 1 aromatic rings. The average molecular weight is 298 g/mol. The van der Waals surface area contributed by atoms with Gasteiger partial charge in [0, 0.05) is 11.6 Å². The van der Waals surface area contributed by atoms with E-state index in [4.69, 9.17) is 5.73 Å². The monoisotopic (exact) mass is 298 g/mol. The summed E-state index contributed by atoms with van der Waals surface area (Å²) >= 11 is 0. The predicted molar refractivity (Wildman–Crippen MR) is 77.0 cm³/mol. The van der Waals surface area contributed by atoms with Crippen molar-refractivity contribution in [3.63, 3.8) is 0 Å². The fourth-order valence-electron chi connectivity index (χ4n) is 1.42. The zero-order chi connectivity index (χ0) is 15.3. The molecule has 0 aliphatic heterocycles. The Balaban J connectivity index is 3.24. The van der Waals surface area contributed by atoms with Crippen LogP contribution < -0.4 is 10.5 Å². The van der Waals surface area contributed by atoms with E-state index >= 15 is 0 Å². The van der Waals surface area contributed by atoms with Crippen molar-refractivity contribution in [1.82, 2.24) is 4.72 Å². The molecule has 3 N–H and O–H groups in total. The molecule has 0 bridgehead atoms. The lowest BCUT2D eigenvalue weighted by Crippen LogP contribution is -2.36. The molecule has 0 saturated carbocycles. The summed E-state index contributed by atoms with van der Waals surface area (Å²) in [6.45, 7) is 5.67. The minimum absolute atomic E-state index is 0.0349. The number of benzene rings is 1. The van der Waals surface area contributed by atoms with E-state index in [1.165, 1.54) is 6.07 Å². The van der Waals surface area contributed by atoms with Crippen molar-refractivity contribution in [3.8, 4) is 11.8 Å². The summed E-state index contributed by atoms with van der Waals surface area (Å²) in [4.78, 5) is -0.0349. The van der Waals surface area contributed by atoms with Crippen LogP contribution in [0.1, 0.15) is 26.3 Å². The molecule has 0 aromatic heterocycles. The molecule has 4 nitrogen and oxygen atoms in total. The van der Waals surface area contributed by atoms with Gasteiger partial charge in [-0.05, 0) is 31.0 Å². The van der Waals surface area contributed by atoms with Crippen LogP contribution in [0.4, 0.5) is 4.39 Å². The minimum Gasteiger partial charge on any atom is -0.320 e. The van der Waals surface area contributed by atoms with E-state index in [9.17, 15) is 12.8 Å². The third kappa shape index (κ3) is 4.30. The summed E-state index contributed by atoms with van der Waals surface area (Å²) in [5.41, 5.74) is 5.37. The fourth-order valence-corrected chi connectivity index (χ4v) is 2.96. The molecule has 0 aliphatic carbocycles. The first-order chi connectivity index (χ1) is 9.27. The SMILES string of the molecule is CC(C)C(C)NS(=O)(=O)c1ccc(F)cc1C#CCN. The van der Waals surface area contributed by atoms with Gasteiger partial charge in [-0.15, -0.1) is 0 Å². The van der Waals surface area contributed by atoms with Gasteiger partial charge >= 0.3 is 0 Å². The van der Waals surface area contributed by atoms with E-state index in [1.807, 2.05) is 13.8 Å². The summed E-state index contributed by atoms with van der Waals surface area (Å²) in [6.07, 6.45) is 0.